The molecular weight excluding hydrogens is 568 g/mol. The number of pyridine rings is 1. The minimum atomic E-state index is -5.29. The first-order chi connectivity index (χ1) is 18.6. The lowest BCUT2D eigenvalue weighted by molar-refractivity contribution is -0.169. The second-order valence-corrected chi connectivity index (χ2v) is 11.9. The molecule has 9 nitrogen and oxygen atoms in total. The molecule has 1 aliphatic rings. The summed E-state index contributed by atoms with van der Waals surface area (Å²) in [6.45, 7) is 1.50. The molecule has 216 valence electrons. The number of hydrogen-bond acceptors (Lipinski definition) is 7. The molecule has 2 N–H and O–H groups in total. The molecule has 0 aliphatic carbocycles. The number of halogens is 6. The Morgan fingerprint density at radius 2 is 1.82 bits per heavy atom. The topological polar surface area (TPSA) is 127 Å². The van der Waals surface area contributed by atoms with Gasteiger partial charge < -0.3 is 10.4 Å². The van der Waals surface area contributed by atoms with E-state index in [1.54, 1.807) is 0 Å². The van der Waals surface area contributed by atoms with Crippen LogP contribution < -0.4 is 10.9 Å². The number of fused-ring (bicyclic) bond motifs is 1. The lowest BCUT2D eigenvalue weighted by atomic mass is 9.88. The van der Waals surface area contributed by atoms with E-state index in [1.807, 2.05) is 0 Å². The number of carbonyl (C=O) groups excluding carboxylic acids is 1. The zero-order valence-corrected chi connectivity index (χ0v) is 21.8. The van der Waals surface area contributed by atoms with E-state index in [1.165, 1.54) is 32.2 Å². The summed E-state index contributed by atoms with van der Waals surface area (Å²) in [7, 11) is -2.27. The SMILES string of the molecule is C[C@@H](Nc1ncnc2c1cc(C1(O)CCS(=O)(=NC(=O)C(F)(F)F)CC1)c(=O)n2C)c1cccc(C(F)F)c1F. The highest BCUT2D eigenvalue weighted by molar-refractivity contribution is 7.93. The Bertz CT molecular complexity index is 1650. The molecule has 0 saturated carbocycles. The van der Waals surface area contributed by atoms with E-state index >= 15 is 0 Å². The molecule has 1 saturated heterocycles. The number of nitrogens with zero attached hydrogens (tertiary/aromatic N) is 4. The Morgan fingerprint density at radius 1 is 1.20 bits per heavy atom. The number of anilines is 1. The average molecular weight is 592 g/mol. The van der Waals surface area contributed by atoms with Crippen LogP contribution in [0.1, 0.15) is 48.9 Å². The van der Waals surface area contributed by atoms with Crippen LogP contribution in [0, 0.1) is 5.82 Å². The Kier molecular flexibility index (Phi) is 7.70. The molecule has 0 unspecified atom stereocenters. The van der Waals surface area contributed by atoms with Crippen LogP contribution in [0.5, 0.6) is 0 Å². The zero-order chi connectivity index (χ0) is 29.6. The van der Waals surface area contributed by atoms with Crippen molar-refractivity contribution in [1.29, 1.82) is 0 Å². The molecule has 3 aromatic rings. The quantitative estimate of drug-likeness (QED) is 0.428. The summed E-state index contributed by atoms with van der Waals surface area (Å²) in [4.78, 5) is 32.6. The van der Waals surface area contributed by atoms with Crippen LogP contribution in [-0.4, -0.2) is 47.4 Å². The lowest BCUT2D eigenvalue weighted by Gasteiger charge is -2.33. The van der Waals surface area contributed by atoms with Crippen molar-refractivity contribution in [3.8, 4) is 0 Å². The first-order valence-corrected chi connectivity index (χ1v) is 13.7. The molecule has 0 bridgehead atoms. The van der Waals surface area contributed by atoms with Crippen LogP contribution in [0.4, 0.5) is 32.2 Å². The van der Waals surface area contributed by atoms with Gasteiger partial charge in [0.2, 0.25) is 0 Å². The monoisotopic (exact) mass is 591 g/mol. The van der Waals surface area contributed by atoms with Gasteiger partial charge in [0.1, 0.15) is 23.6 Å². The Labute approximate surface area is 223 Å². The van der Waals surface area contributed by atoms with Gasteiger partial charge in [-0.1, -0.05) is 18.2 Å². The van der Waals surface area contributed by atoms with Crippen molar-refractivity contribution in [3.05, 3.63) is 63.5 Å². The van der Waals surface area contributed by atoms with Crippen LogP contribution >= 0.6 is 0 Å². The van der Waals surface area contributed by atoms with Crippen molar-refractivity contribution in [1.82, 2.24) is 14.5 Å². The van der Waals surface area contributed by atoms with Gasteiger partial charge in [-0.05, 0) is 25.8 Å². The summed E-state index contributed by atoms with van der Waals surface area (Å²) in [6, 6.07) is 3.95. The van der Waals surface area contributed by atoms with Gasteiger partial charge in [0.15, 0.2) is 0 Å². The maximum absolute atomic E-state index is 14.7. The minimum Gasteiger partial charge on any atom is -0.385 e. The summed E-state index contributed by atoms with van der Waals surface area (Å²) in [5.74, 6) is -4.65. The number of aliphatic hydroxyl groups is 1. The van der Waals surface area contributed by atoms with Gasteiger partial charge in [-0.3, -0.25) is 14.2 Å². The van der Waals surface area contributed by atoms with Gasteiger partial charge in [0.25, 0.3) is 12.0 Å². The Morgan fingerprint density at radius 3 is 2.42 bits per heavy atom. The number of alkyl halides is 5. The molecule has 0 radical (unpaired) electrons. The molecule has 3 heterocycles. The van der Waals surface area contributed by atoms with Crippen molar-refractivity contribution < 1.29 is 40.5 Å². The largest absolute Gasteiger partial charge is 0.474 e. The number of rotatable bonds is 5. The molecule has 4 rings (SSSR count). The third-order valence-corrected chi connectivity index (χ3v) is 8.96. The summed E-state index contributed by atoms with van der Waals surface area (Å²) >= 11 is 0. The molecule has 1 fully saturated rings. The number of amides is 1. The van der Waals surface area contributed by atoms with Crippen molar-refractivity contribution >= 4 is 32.5 Å². The highest BCUT2D eigenvalue weighted by Crippen LogP contribution is 2.36. The van der Waals surface area contributed by atoms with E-state index in [-0.39, 0.29) is 28.0 Å². The van der Waals surface area contributed by atoms with Crippen molar-refractivity contribution in [2.45, 2.75) is 44.0 Å². The molecule has 0 spiro atoms. The van der Waals surface area contributed by atoms with Crippen molar-refractivity contribution in [2.75, 3.05) is 16.8 Å². The normalized spacial score (nSPS) is 22.4. The summed E-state index contributed by atoms with van der Waals surface area (Å²) in [6.07, 6.45) is -8.07. The first-order valence-electron chi connectivity index (χ1n) is 11.8. The van der Waals surface area contributed by atoms with Gasteiger partial charge in [-0.25, -0.2) is 27.3 Å². The fraction of sp³-hybridized carbons (Fsp3) is 0.417. The molecule has 1 amide bonds. The number of aryl methyl sites for hydroxylation is 1. The molecule has 1 aliphatic heterocycles. The average Bonchev–Trinajstić information content (AvgIpc) is 2.87. The van der Waals surface area contributed by atoms with Crippen molar-refractivity contribution in [2.24, 2.45) is 11.4 Å². The maximum atomic E-state index is 14.7. The van der Waals surface area contributed by atoms with E-state index in [0.717, 1.165) is 17.0 Å². The summed E-state index contributed by atoms with van der Waals surface area (Å²) in [5, 5.41) is 14.4. The fourth-order valence-electron chi connectivity index (χ4n) is 4.52. The minimum absolute atomic E-state index is 0.0742. The molecule has 1 atom stereocenters. The summed E-state index contributed by atoms with van der Waals surface area (Å²) < 4.78 is 95.6. The van der Waals surface area contributed by atoms with Crippen LogP contribution in [0.25, 0.3) is 11.0 Å². The summed E-state index contributed by atoms with van der Waals surface area (Å²) in [5.41, 5.74) is -3.57. The van der Waals surface area contributed by atoms with Crippen LogP contribution in [0.15, 0.2) is 39.8 Å². The van der Waals surface area contributed by atoms with Gasteiger partial charge in [0, 0.05) is 29.7 Å². The molecule has 40 heavy (non-hydrogen) atoms. The second-order valence-electron chi connectivity index (χ2n) is 9.41. The first kappa shape index (κ1) is 29.5. The van der Waals surface area contributed by atoms with Gasteiger partial charge in [-0.15, -0.1) is 0 Å². The number of hydrogen-bond donors (Lipinski definition) is 2. The Balaban J connectivity index is 1.72. The van der Waals surface area contributed by atoms with Crippen LogP contribution in [-0.2, 0) is 27.2 Å². The van der Waals surface area contributed by atoms with Gasteiger partial charge in [-0.2, -0.15) is 17.5 Å². The fourth-order valence-corrected chi connectivity index (χ4v) is 6.62. The number of nitrogens with one attached hydrogen (secondary N) is 1. The molecule has 1 aromatic carbocycles. The maximum Gasteiger partial charge on any atom is 0.474 e. The van der Waals surface area contributed by atoms with E-state index in [0.29, 0.717) is 0 Å². The van der Waals surface area contributed by atoms with E-state index in [9.17, 15) is 45.2 Å². The molecule has 2 aromatic heterocycles. The van der Waals surface area contributed by atoms with Gasteiger partial charge >= 0.3 is 12.1 Å². The van der Waals surface area contributed by atoms with E-state index in [2.05, 4.69) is 19.6 Å². The third kappa shape index (κ3) is 5.54. The molecule has 16 heteroatoms. The highest BCUT2D eigenvalue weighted by atomic mass is 32.2. The van der Waals surface area contributed by atoms with Crippen molar-refractivity contribution in [3.63, 3.8) is 0 Å². The lowest BCUT2D eigenvalue weighted by Crippen LogP contribution is -2.42. The number of benzene rings is 1. The number of aromatic nitrogens is 3. The van der Waals surface area contributed by atoms with E-state index < -0.39 is 81.2 Å². The van der Waals surface area contributed by atoms with E-state index in [4.69, 9.17) is 0 Å². The standard InChI is InChI=1S/C24H23F6N5O4S/c1-12(13-4-3-5-14(17(13)25)18(26)27)33-19-15-10-16(21(36)35(2)20(15)32-11-31-19)23(38)6-8-40(39,9-7-23)34-22(37)24(28,29)30/h3-5,10-12,18,38H,6-9H2,1-2H3,(H,31,32,33)/t12-,23?,40?/m1/s1. The predicted octanol–water partition coefficient (Wildman–Crippen LogP) is 4.12. The second kappa shape index (κ2) is 10.5. The zero-order valence-electron chi connectivity index (χ0n) is 21.0. The third-order valence-electron chi connectivity index (χ3n) is 6.78. The smallest absolute Gasteiger partial charge is 0.385 e. The predicted molar refractivity (Wildman–Crippen MR) is 133 cm³/mol. The Hall–Kier alpha value is -3.53. The number of carbonyl (C=O) groups is 1. The van der Waals surface area contributed by atoms with Crippen LogP contribution in [0.3, 0.4) is 0 Å². The highest BCUT2D eigenvalue weighted by Gasteiger charge is 2.43. The molecular formula is C24H23F6N5O4S. The van der Waals surface area contributed by atoms with Gasteiger partial charge in [0.05, 0.1) is 32.3 Å². The van der Waals surface area contributed by atoms with Crippen LogP contribution in [0.2, 0.25) is 0 Å².